The molecule has 0 saturated carbocycles. The Bertz CT molecular complexity index is 1110. The molecule has 0 aliphatic carbocycles. The number of benzene rings is 2. The zero-order valence-electron chi connectivity index (χ0n) is 17.9. The fourth-order valence-corrected chi connectivity index (χ4v) is 4.07. The van der Waals surface area contributed by atoms with Crippen LogP contribution in [0, 0.1) is 0 Å². The predicted octanol–water partition coefficient (Wildman–Crippen LogP) is 5.92. The van der Waals surface area contributed by atoms with Crippen LogP contribution in [0.15, 0.2) is 54.7 Å². The number of para-hydroxylation sites is 1. The highest BCUT2D eigenvalue weighted by molar-refractivity contribution is 6.07. The van der Waals surface area contributed by atoms with Gasteiger partial charge in [0.05, 0.1) is 12.2 Å². The van der Waals surface area contributed by atoms with Gasteiger partial charge < -0.3 is 10.6 Å². The quantitative estimate of drug-likeness (QED) is 0.516. The van der Waals surface area contributed by atoms with E-state index in [-0.39, 0.29) is 17.8 Å². The van der Waals surface area contributed by atoms with Crippen molar-refractivity contribution in [3.8, 4) is 0 Å². The van der Waals surface area contributed by atoms with Crippen molar-refractivity contribution in [2.45, 2.75) is 51.4 Å². The minimum Gasteiger partial charge on any atom is -0.363 e. The summed E-state index contributed by atoms with van der Waals surface area (Å²) in [6.07, 6.45) is -1.93. The third kappa shape index (κ3) is 4.22. The number of halogens is 3. The predicted molar refractivity (Wildman–Crippen MR) is 118 cm³/mol. The number of amides is 1. The third-order valence-corrected chi connectivity index (χ3v) is 5.92. The van der Waals surface area contributed by atoms with Crippen LogP contribution in [0.2, 0.25) is 0 Å². The van der Waals surface area contributed by atoms with E-state index in [4.69, 9.17) is 0 Å². The normalized spacial score (nSPS) is 18.0. The van der Waals surface area contributed by atoms with E-state index in [1.54, 1.807) is 12.1 Å². The topological polar surface area (TPSA) is 59.0 Å². The molecule has 1 aromatic heterocycles. The highest BCUT2D eigenvalue weighted by Gasteiger charge is 2.47. The van der Waals surface area contributed by atoms with Gasteiger partial charge in [0, 0.05) is 12.1 Å². The Morgan fingerprint density at radius 3 is 2.50 bits per heavy atom. The molecule has 2 heterocycles. The Hall–Kier alpha value is -3.29. The number of nitrogens with zero attached hydrogens (tertiary/aromatic N) is 2. The molecule has 0 fully saturated rings. The van der Waals surface area contributed by atoms with Crippen LogP contribution in [-0.2, 0) is 12.8 Å². The molecule has 2 N–H and O–H groups in total. The number of nitrogens with one attached hydrogen (secondary N) is 2. The number of alkyl halides is 3. The molecule has 0 unspecified atom stereocenters. The molecule has 1 aliphatic rings. The summed E-state index contributed by atoms with van der Waals surface area (Å²) >= 11 is 0. The van der Waals surface area contributed by atoms with Gasteiger partial charge in [-0.2, -0.15) is 18.3 Å². The molecule has 168 valence electrons. The summed E-state index contributed by atoms with van der Waals surface area (Å²) in [7, 11) is 0. The van der Waals surface area contributed by atoms with Crippen molar-refractivity contribution in [3.05, 3.63) is 77.0 Å². The minimum absolute atomic E-state index is 0.0784. The first kappa shape index (κ1) is 21.9. The van der Waals surface area contributed by atoms with Crippen molar-refractivity contribution in [2.75, 3.05) is 10.6 Å². The van der Waals surface area contributed by atoms with Crippen molar-refractivity contribution < 1.29 is 18.0 Å². The van der Waals surface area contributed by atoms with Crippen molar-refractivity contribution in [2.24, 2.45) is 0 Å². The Morgan fingerprint density at radius 1 is 1.12 bits per heavy atom. The van der Waals surface area contributed by atoms with Crippen molar-refractivity contribution in [3.63, 3.8) is 0 Å². The van der Waals surface area contributed by atoms with Crippen LogP contribution in [0.5, 0.6) is 0 Å². The number of carbonyl (C=O) groups excluding carboxylic acids is 1. The Kier molecular flexibility index (Phi) is 5.95. The van der Waals surface area contributed by atoms with Crippen LogP contribution in [-0.4, -0.2) is 21.9 Å². The van der Waals surface area contributed by atoms with E-state index in [2.05, 4.69) is 15.7 Å². The van der Waals surface area contributed by atoms with Crippen LogP contribution >= 0.6 is 0 Å². The minimum atomic E-state index is -4.49. The van der Waals surface area contributed by atoms with Gasteiger partial charge in [0.1, 0.15) is 11.4 Å². The van der Waals surface area contributed by atoms with E-state index in [0.717, 1.165) is 27.8 Å². The molecule has 2 aromatic carbocycles. The zero-order chi connectivity index (χ0) is 22.9. The van der Waals surface area contributed by atoms with Gasteiger partial charge in [-0.3, -0.25) is 4.79 Å². The van der Waals surface area contributed by atoms with Crippen molar-refractivity contribution in [1.82, 2.24) is 9.78 Å². The smallest absolute Gasteiger partial charge is 0.363 e. The summed E-state index contributed by atoms with van der Waals surface area (Å²) in [4.78, 5) is 13.0. The second-order valence-corrected chi connectivity index (χ2v) is 7.90. The van der Waals surface area contributed by atoms with Crippen LogP contribution in [0.1, 0.15) is 59.4 Å². The fraction of sp³-hybridized carbons (Fsp3) is 0.333. The second-order valence-electron chi connectivity index (χ2n) is 7.90. The molecule has 8 heteroatoms. The number of carbonyl (C=O) groups is 1. The van der Waals surface area contributed by atoms with Gasteiger partial charge in [-0.25, -0.2) is 4.68 Å². The molecule has 1 aliphatic heterocycles. The van der Waals surface area contributed by atoms with Gasteiger partial charge in [-0.1, -0.05) is 56.3 Å². The molecule has 2 atom stereocenters. The maximum Gasteiger partial charge on any atom is 0.410 e. The molecule has 0 spiro atoms. The summed E-state index contributed by atoms with van der Waals surface area (Å²) in [6, 6.07) is 12.5. The second kappa shape index (κ2) is 8.68. The lowest BCUT2D eigenvalue weighted by Gasteiger charge is -2.34. The van der Waals surface area contributed by atoms with E-state index in [1.165, 1.54) is 6.20 Å². The fourth-order valence-electron chi connectivity index (χ4n) is 4.07. The van der Waals surface area contributed by atoms with E-state index in [0.29, 0.717) is 12.1 Å². The lowest BCUT2D eigenvalue weighted by atomic mass is 9.95. The molecule has 0 bridgehead atoms. The van der Waals surface area contributed by atoms with Gasteiger partial charge in [0.25, 0.3) is 5.91 Å². The molecule has 3 aromatic rings. The number of aromatic nitrogens is 2. The van der Waals surface area contributed by atoms with E-state index in [9.17, 15) is 18.0 Å². The maximum absolute atomic E-state index is 13.9. The molecule has 1 amide bonds. The average Bonchev–Trinajstić information content (AvgIpc) is 3.22. The molecule has 5 nitrogen and oxygen atoms in total. The summed E-state index contributed by atoms with van der Waals surface area (Å²) in [6.45, 7) is 3.99. The average molecular weight is 442 g/mol. The molecule has 32 heavy (non-hydrogen) atoms. The summed E-state index contributed by atoms with van der Waals surface area (Å²) < 4.78 is 42.6. The lowest BCUT2D eigenvalue weighted by Crippen LogP contribution is -2.36. The van der Waals surface area contributed by atoms with Crippen molar-refractivity contribution in [1.29, 1.82) is 0 Å². The van der Waals surface area contributed by atoms with Gasteiger partial charge in [-0.15, -0.1) is 0 Å². The number of anilines is 2. The number of hydrogen-bond donors (Lipinski definition) is 2. The number of aryl methyl sites for hydroxylation is 2. The van der Waals surface area contributed by atoms with Gasteiger partial charge in [0.15, 0.2) is 6.04 Å². The maximum atomic E-state index is 13.9. The van der Waals surface area contributed by atoms with Gasteiger partial charge in [0.2, 0.25) is 0 Å². The SMILES string of the molecule is CCc1ccc([C@H]2C[C@H](C(F)(F)F)n3ncc(C(=O)Nc4ccccc4CC)c3N2)cc1. The van der Waals surface area contributed by atoms with E-state index >= 15 is 0 Å². The Morgan fingerprint density at radius 2 is 1.84 bits per heavy atom. The first-order chi connectivity index (χ1) is 15.3. The summed E-state index contributed by atoms with van der Waals surface area (Å²) in [5.41, 5.74) is 3.51. The molecular formula is C24H25F3N4O. The van der Waals surface area contributed by atoms with Crippen LogP contribution in [0.25, 0.3) is 0 Å². The highest BCUT2D eigenvalue weighted by atomic mass is 19.4. The monoisotopic (exact) mass is 442 g/mol. The largest absolute Gasteiger partial charge is 0.410 e. The van der Waals surface area contributed by atoms with E-state index < -0.39 is 24.2 Å². The van der Waals surface area contributed by atoms with E-state index in [1.807, 2.05) is 50.2 Å². The molecular weight excluding hydrogens is 417 g/mol. The Labute approximate surface area is 184 Å². The number of fused-ring (bicyclic) bond motifs is 1. The van der Waals surface area contributed by atoms with Gasteiger partial charge in [-0.05, 0) is 35.6 Å². The lowest BCUT2D eigenvalue weighted by molar-refractivity contribution is -0.173. The third-order valence-electron chi connectivity index (χ3n) is 5.92. The molecule has 0 radical (unpaired) electrons. The van der Waals surface area contributed by atoms with Crippen molar-refractivity contribution >= 4 is 17.4 Å². The van der Waals surface area contributed by atoms with Crippen LogP contribution < -0.4 is 10.6 Å². The summed E-state index contributed by atoms with van der Waals surface area (Å²) in [5.74, 6) is -0.419. The van der Waals surface area contributed by atoms with Gasteiger partial charge >= 0.3 is 6.18 Å². The molecule has 4 rings (SSSR count). The summed E-state index contributed by atoms with van der Waals surface area (Å²) in [5, 5.41) is 9.90. The highest BCUT2D eigenvalue weighted by Crippen LogP contribution is 2.44. The zero-order valence-corrected chi connectivity index (χ0v) is 17.9. The first-order valence-corrected chi connectivity index (χ1v) is 10.7. The molecule has 0 saturated heterocycles. The Balaban J connectivity index is 1.68. The first-order valence-electron chi connectivity index (χ1n) is 10.7. The number of rotatable bonds is 5. The number of hydrogen-bond acceptors (Lipinski definition) is 3. The van der Waals surface area contributed by atoms with Crippen LogP contribution in [0.4, 0.5) is 24.7 Å². The standard InChI is InChI=1S/C24H25F3N4O/c1-3-15-9-11-17(12-10-15)20-13-21(24(25,26)27)31-22(29-20)18(14-28-31)23(32)30-19-8-6-5-7-16(19)4-2/h5-12,14,20-21,29H,3-4,13H2,1-2H3,(H,30,32)/t20-,21-/m1/s1. The van der Waals surface area contributed by atoms with Crippen LogP contribution in [0.3, 0.4) is 0 Å².